The number of hydrogen-bond acceptors (Lipinski definition) is 3. The van der Waals surface area contributed by atoms with Crippen LogP contribution < -0.4 is 0 Å². The van der Waals surface area contributed by atoms with Crippen molar-refractivity contribution < 1.29 is 4.79 Å². The molecule has 0 aliphatic carbocycles. The summed E-state index contributed by atoms with van der Waals surface area (Å²) in [5.74, 6) is -0.0643. The van der Waals surface area contributed by atoms with Gasteiger partial charge in [0, 0.05) is 34.6 Å². The van der Waals surface area contributed by atoms with Crippen molar-refractivity contribution in [2.24, 2.45) is 0 Å². The number of carbonyl (C=O) groups is 1. The average molecular weight is 391 g/mol. The van der Waals surface area contributed by atoms with Crippen LogP contribution >= 0.6 is 22.6 Å². The zero-order valence-corrected chi connectivity index (χ0v) is 13.5. The molecule has 2 rings (SSSR count). The van der Waals surface area contributed by atoms with Gasteiger partial charge in [-0.2, -0.15) is 5.26 Å². The molecular formula is C16H14IN3O. The molecular weight excluding hydrogens is 377 g/mol. The molecule has 0 spiro atoms. The monoisotopic (exact) mass is 391 g/mol. The highest BCUT2D eigenvalue weighted by molar-refractivity contribution is 14.1. The number of halogens is 1. The normalized spacial score (nSPS) is 9.90. The minimum absolute atomic E-state index is 0.0643. The van der Waals surface area contributed by atoms with Gasteiger partial charge in [-0.1, -0.05) is 6.07 Å². The summed E-state index contributed by atoms with van der Waals surface area (Å²) >= 11 is 2.20. The summed E-state index contributed by atoms with van der Waals surface area (Å²) in [7, 11) is 0. The Morgan fingerprint density at radius 3 is 2.67 bits per heavy atom. The zero-order valence-electron chi connectivity index (χ0n) is 11.4. The van der Waals surface area contributed by atoms with Gasteiger partial charge in [0.25, 0.3) is 5.91 Å². The first-order valence-corrected chi connectivity index (χ1v) is 7.59. The van der Waals surface area contributed by atoms with E-state index in [1.807, 2.05) is 36.4 Å². The van der Waals surface area contributed by atoms with Gasteiger partial charge in [-0.3, -0.25) is 9.78 Å². The van der Waals surface area contributed by atoms with Crippen LogP contribution in [0.15, 0.2) is 48.8 Å². The van der Waals surface area contributed by atoms with Crippen molar-refractivity contribution in [3.05, 3.63) is 63.5 Å². The fraction of sp³-hybridized carbons (Fsp3) is 0.188. The molecule has 0 N–H and O–H groups in total. The van der Waals surface area contributed by atoms with Gasteiger partial charge in [-0.05, 0) is 58.5 Å². The first-order chi connectivity index (χ1) is 10.2. The molecule has 1 amide bonds. The fourth-order valence-corrected chi connectivity index (χ4v) is 2.28. The predicted molar refractivity (Wildman–Crippen MR) is 88.4 cm³/mol. The molecule has 0 radical (unpaired) electrons. The topological polar surface area (TPSA) is 57.0 Å². The van der Waals surface area contributed by atoms with Crippen molar-refractivity contribution in [1.29, 1.82) is 5.26 Å². The maximum atomic E-state index is 12.6. The van der Waals surface area contributed by atoms with E-state index in [4.69, 9.17) is 5.26 Å². The van der Waals surface area contributed by atoms with Crippen LogP contribution in [0.2, 0.25) is 0 Å². The van der Waals surface area contributed by atoms with Crippen molar-refractivity contribution >= 4 is 28.5 Å². The van der Waals surface area contributed by atoms with Crippen LogP contribution in [-0.4, -0.2) is 22.3 Å². The maximum absolute atomic E-state index is 12.6. The third-order valence-electron chi connectivity index (χ3n) is 2.97. The molecule has 21 heavy (non-hydrogen) atoms. The van der Waals surface area contributed by atoms with Gasteiger partial charge >= 0.3 is 0 Å². The molecule has 1 heterocycles. The van der Waals surface area contributed by atoms with Crippen LogP contribution in [-0.2, 0) is 6.54 Å². The molecule has 0 fully saturated rings. The van der Waals surface area contributed by atoms with Gasteiger partial charge in [0.1, 0.15) is 0 Å². The molecule has 1 aromatic heterocycles. The van der Waals surface area contributed by atoms with E-state index >= 15 is 0 Å². The molecule has 0 bridgehead atoms. The summed E-state index contributed by atoms with van der Waals surface area (Å²) in [5.41, 5.74) is 1.59. The van der Waals surface area contributed by atoms with E-state index in [2.05, 4.69) is 33.6 Å². The Morgan fingerprint density at radius 2 is 2.05 bits per heavy atom. The van der Waals surface area contributed by atoms with Gasteiger partial charge in [-0.15, -0.1) is 0 Å². The molecule has 4 nitrogen and oxygen atoms in total. The van der Waals surface area contributed by atoms with Crippen molar-refractivity contribution in [1.82, 2.24) is 9.88 Å². The second-order valence-electron chi connectivity index (χ2n) is 4.50. The molecule has 0 aliphatic rings. The van der Waals surface area contributed by atoms with Crippen LogP contribution in [0.5, 0.6) is 0 Å². The van der Waals surface area contributed by atoms with Crippen molar-refractivity contribution in [3.63, 3.8) is 0 Å². The highest BCUT2D eigenvalue weighted by atomic mass is 127. The second kappa shape index (κ2) is 7.74. The molecule has 0 aliphatic heterocycles. The lowest BCUT2D eigenvalue weighted by molar-refractivity contribution is 0.0746. The molecule has 0 saturated carbocycles. The molecule has 0 atom stereocenters. The predicted octanol–water partition coefficient (Wildman–Crippen LogP) is 3.24. The highest BCUT2D eigenvalue weighted by Gasteiger charge is 2.15. The summed E-state index contributed by atoms with van der Waals surface area (Å²) < 4.78 is 1.08. The maximum Gasteiger partial charge on any atom is 0.254 e. The van der Waals surface area contributed by atoms with Crippen LogP contribution in [0.4, 0.5) is 0 Å². The lowest BCUT2D eigenvalue weighted by atomic mass is 10.1. The Hall–Kier alpha value is -1.94. The fourth-order valence-electron chi connectivity index (χ4n) is 1.92. The molecule has 1 aromatic carbocycles. The molecule has 0 saturated heterocycles. The molecule has 5 heteroatoms. The largest absolute Gasteiger partial charge is 0.333 e. The summed E-state index contributed by atoms with van der Waals surface area (Å²) in [6.45, 7) is 0.872. The van der Waals surface area contributed by atoms with E-state index in [1.54, 1.807) is 17.3 Å². The lowest BCUT2D eigenvalue weighted by Gasteiger charge is -2.21. The zero-order chi connectivity index (χ0) is 15.1. The van der Waals surface area contributed by atoms with Crippen LogP contribution in [0.25, 0.3) is 0 Å². The van der Waals surface area contributed by atoms with Crippen LogP contribution in [0.3, 0.4) is 0 Å². The second-order valence-corrected chi connectivity index (χ2v) is 5.75. The Bertz CT molecular complexity index is 635. The number of nitrogens with zero attached hydrogens (tertiary/aromatic N) is 3. The number of nitriles is 1. The number of hydrogen-bond donors (Lipinski definition) is 0. The Kier molecular flexibility index (Phi) is 5.69. The third-order valence-corrected chi connectivity index (χ3v) is 3.69. The van der Waals surface area contributed by atoms with Crippen molar-refractivity contribution in [2.75, 3.05) is 6.54 Å². The number of pyridine rings is 1. The van der Waals surface area contributed by atoms with Gasteiger partial charge in [0.05, 0.1) is 12.5 Å². The SMILES string of the molecule is N#CCCN(Cc1cccnc1)C(=O)c1ccc(I)cc1. The standard InChI is InChI=1S/C16H14IN3O/c17-15-6-4-14(5-7-15)16(21)20(10-2-8-18)12-13-3-1-9-19-11-13/h1,3-7,9,11H,2,10,12H2. The summed E-state index contributed by atoms with van der Waals surface area (Å²) in [6, 6.07) is 13.3. The Balaban J connectivity index is 2.17. The van der Waals surface area contributed by atoms with Crippen molar-refractivity contribution in [3.8, 4) is 6.07 Å². The molecule has 106 valence electrons. The minimum Gasteiger partial charge on any atom is -0.333 e. The molecule has 2 aromatic rings. The van der Waals surface area contributed by atoms with E-state index in [1.165, 1.54) is 0 Å². The number of carbonyl (C=O) groups excluding carboxylic acids is 1. The van der Waals surface area contributed by atoms with E-state index in [-0.39, 0.29) is 5.91 Å². The first kappa shape index (κ1) is 15.4. The average Bonchev–Trinajstić information content (AvgIpc) is 2.52. The third kappa shape index (κ3) is 4.53. The summed E-state index contributed by atoms with van der Waals surface area (Å²) in [4.78, 5) is 18.3. The smallest absolute Gasteiger partial charge is 0.254 e. The van der Waals surface area contributed by atoms with Gasteiger partial charge in [-0.25, -0.2) is 0 Å². The Morgan fingerprint density at radius 1 is 1.29 bits per heavy atom. The number of aromatic nitrogens is 1. The van der Waals surface area contributed by atoms with E-state index in [9.17, 15) is 4.79 Å². The number of rotatable bonds is 5. The first-order valence-electron chi connectivity index (χ1n) is 6.51. The highest BCUT2D eigenvalue weighted by Crippen LogP contribution is 2.12. The minimum atomic E-state index is -0.0643. The number of benzene rings is 1. The van der Waals surface area contributed by atoms with E-state index < -0.39 is 0 Å². The summed E-state index contributed by atoms with van der Waals surface area (Å²) in [5, 5.41) is 8.77. The number of amides is 1. The van der Waals surface area contributed by atoms with E-state index in [0.29, 0.717) is 25.1 Å². The van der Waals surface area contributed by atoms with Gasteiger partial charge < -0.3 is 4.90 Å². The van der Waals surface area contributed by atoms with Gasteiger partial charge in [0.2, 0.25) is 0 Å². The van der Waals surface area contributed by atoms with Crippen LogP contribution in [0.1, 0.15) is 22.3 Å². The van der Waals surface area contributed by atoms with E-state index in [0.717, 1.165) is 9.13 Å². The quantitative estimate of drug-likeness (QED) is 0.736. The van der Waals surface area contributed by atoms with Crippen molar-refractivity contribution in [2.45, 2.75) is 13.0 Å². The van der Waals surface area contributed by atoms with Gasteiger partial charge in [0.15, 0.2) is 0 Å². The molecule has 0 unspecified atom stereocenters. The Labute approximate surface area is 137 Å². The lowest BCUT2D eigenvalue weighted by Crippen LogP contribution is -2.31. The summed E-state index contributed by atoms with van der Waals surface area (Å²) in [6.07, 6.45) is 3.75. The van der Waals surface area contributed by atoms with Crippen LogP contribution in [0, 0.1) is 14.9 Å².